The van der Waals surface area contributed by atoms with Gasteiger partial charge in [0.05, 0.1) is 16.8 Å². The standard InChI is InChI=1S/C18H25BF3NO4/c1-15(2,3)25-14(24)23-13-9-8-11(18(20,21)22)10-12(13)19-26-16(4,5)17(6,7)27-19/h8-10H,1-7H3,(H,23,24). The van der Waals surface area contributed by atoms with E-state index in [4.69, 9.17) is 14.0 Å². The molecule has 1 aromatic carbocycles. The lowest BCUT2D eigenvalue weighted by atomic mass is 9.77. The Kier molecular flexibility index (Phi) is 5.35. The number of nitrogens with one attached hydrogen (secondary N) is 1. The molecule has 0 unspecified atom stereocenters. The fraction of sp³-hybridized carbons (Fsp3) is 0.611. The lowest BCUT2D eigenvalue weighted by Crippen LogP contribution is -2.41. The van der Waals surface area contributed by atoms with Crippen molar-refractivity contribution < 1.29 is 32.0 Å². The number of ether oxygens (including phenoxy) is 1. The van der Waals surface area contributed by atoms with E-state index in [-0.39, 0.29) is 11.2 Å². The number of anilines is 1. The minimum atomic E-state index is -4.54. The first kappa shape index (κ1) is 21.6. The molecule has 1 aliphatic rings. The Labute approximate surface area is 157 Å². The van der Waals surface area contributed by atoms with Gasteiger partial charge in [-0.2, -0.15) is 13.2 Å². The van der Waals surface area contributed by atoms with Gasteiger partial charge < -0.3 is 14.0 Å². The molecule has 0 bridgehead atoms. The highest BCUT2D eigenvalue weighted by molar-refractivity contribution is 6.64. The average molecular weight is 387 g/mol. The quantitative estimate of drug-likeness (QED) is 0.767. The van der Waals surface area contributed by atoms with Crippen molar-refractivity contribution in [2.24, 2.45) is 0 Å². The third-order valence-electron chi connectivity index (χ3n) is 4.52. The molecule has 1 aliphatic heterocycles. The van der Waals surface area contributed by atoms with Crippen LogP contribution in [0.25, 0.3) is 0 Å². The minimum Gasteiger partial charge on any atom is -0.444 e. The smallest absolute Gasteiger partial charge is 0.444 e. The Morgan fingerprint density at radius 1 is 1.07 bits per heavy atom. The molecule has 0 atom stereocenters. The van der Waals surface area contributed by atoms with Gasteiger partial charge in [-0.1, -0.05) is 0 Å². The molecule has 2 rings (SSSR count). The van der Waals surface area contributed by atoms with Crippen molar-refractivity contribution in [1.29, 1.82) is 0 Å². The SMILES string of the molecule is CC(C)(C)OC(=O)Nc1ccc(C(F)(F)F)cc1B1OC(C)(C)C(C)(C)O1. The molecule has 1 fully saturated rings. The lowest BCUT2D eigenvalue weighted by Gasteiger charge is -2.32. The third kappa shape index (κ3) is 4.96. The van der Waals surface area contributed by atoms with Gasteiger partial charge >= 0.3 is 19.4 Å². The predicted octanol–water partition coefficient (Wildman–Crippen LogP) is 4.35. The summed E-state index contributed by atoms with van der Waals surface area (Å²) in [5.74, 6) is 0. The second kappa shape index (κ2) is 6.70. The van der Waals surface area contributed by atoms with Gasteiger partial charge in [-0.15, -0.1) is 0 Å². The van der Waals surface area contributed by atoms with Crippen LogP contribution in [-0.2, 0) is 20.2 Å². The maximum Gasteiger partial charge on any atom is 0.496 e. The summed E-state index contributed by atoms with van der Waals surface area (Å²) in [7, 11) is -1.07. The van der Waals surface area contributed by atoms with E-state index in [1.54, 1.807) is 48.5 Å². The Morgan fingerprint density at radius 2 is 1.59 bits per heavy atom. The highest BCUT2D eigenvalue weighted by atomic mass is 19.4. The number of hydrogen-bond donors (Lipinski definition) is 1. The summed E-state index contributed by atoms with van der Waals surface area (Å²) in [6.07, 6.45) is -5.32. The van der Waals surface area contributed by atoms with E-state index < -0.39 is 41.8 Å². The van der Waals surface area contributed by atoms with Crippen LogP contribution in [0.5, 0.6) is 0 Å². The third-order valence-corrected chi connectivity index (χ3v) is 4.52. The highest BCUT2D eigenvalue weighted by Crippen LogP contribution is 2.38. The topological polar surface area (TPSA) is 56.8 Å². The van der Waals surface area contributed by atoms with Crippen molar-refractivity contribution in [1.82, 2.24) is 0 Å². The molecule has 1 saturated heterocycles. The predicted molar refractivity (Wildman–Crippen MR) is 97.0 cm³/mol. The lowest BCUT2D eigenvalue weighted by molar-refractivity contribution is -0.137. The van der Waals surface area contributed by atoms with Crippen LogP contribution in [0, 0.1) is 0 Å². The normalized spacial score (nSPS) is 19.1. The summed E-state index contributed by atoms with van der Waals surface area (Å²) in [6.45, 7) is 12.2. The van der Waals surface area contributed by atoms with Crippen molar-refractivity contribution in [3.8, 4) is 0 Å². The zero-order valence-corrected chi connectivity index (χ0v) is 16.6. The van der Waals surface area contributed by atoms with E-state index in [2.05, 4.69) is 5.32 Å². The maximum atomic E-state index is 13.2. The first-order chi connectivity index (χ1) is 12.0. The van der Waals surface area contributed by atoms with Crippen LogP contribution < -0.4 is 10.8 Å². The highest BCUT2D eigenvalue weighted by Gasteiger charge is 2.52. The fourth-order valence-electron chi connectivity index (χ4n) is 2.43. The van der Waals surface area contributed by atoms with Crippen molar-refractivity contribution in [2.45, 2.75) is 71.4 Å². The van der Waals surface area contributed by atoms with Gasteiger partial charge in [0.2, 0.25) is 0 Å². The summed E-state index contributed by atoms with van der Waals surface area (Å²) >= 11 is 0. The summed E-state index contributed by atoms with van der Waals surface area (Å²) in [6, 6.07) is 2.99. The van der Waals surface area contributed by atoms with Gasteiger partial charge in [0.15, 0.2) is 0 Å². The van der Waals surface area contributed by atoms with Crippen molar-refractivity contribution in [3.63, 3.8) is 0 Å². The summed E-state index contributed by atoms with van der Waals surface area (Å²) in [5.41, 5.74) is -2.88. The molecule has 0 saturated carbocycles. The largest absolute Gasteiger partial charge is 0.496 e. The van der Waals surface area contributed by atoms with Gasteiger partial charge in [0.1, 0.15) is 5.60 Å². The van der Waals surface area contributed by atoms with Gasteiger partial charge in [0.25, 0.3) is 0 Å². The first-order valence-corrected chi connectivity index (χ1v) is 8.59. The molecule has 9 heteroatoms. The van der Waals surface area contributed by atoms with Crippen LogP contribution in [0.1, 0.15) is 54.0 Å². The van der Waals surface area contributed by atoms with Crippen LogP contribution in [0.15, 0.2) is 18.2 Å². The number of halogens is 3. The number of carbonyl (C=O) groups is 1. The molecule has 0 radical (unpaired) electrons. The second-order valence-corrected chi connectivity index (χ2v) is 8.51. The van der Waals surface area contributed by atoms with E-state index in [1.165, 1.54) is 6.07 Å². The zero-order valence-electron chi connectivity index (χ0n) is 16.6. The Balaban J connectivity index is 2.42. The summed E-state index contributed by atoms with van der Waals surface area (Å²) in [4.78, 5) is 12.1. The van der Waals surface area contributed by atoms with Gasteiger partial charge in [0, 0.05) is 11.2 Å². The van der Waals surface area contributed by atoms with E-state index in [1.807, 2.05) is 0 Å². The van der Waals surface area contributed by atoms with E-state index in [0.717, 1.165) is 12.1 Å². The fourth-order valence-corrected chi connectivity index (χ4v) is 2.43. The number of benzene rings is 1. The maximum absolute atomic E-state index is 13.2. The van der Waals surface area contributed by atoms with E-state index in [9.17, 15) is 18.0 Å². The Morgan fingerprint density at radius 3 is 2.04 bits per heavy atom. The molecule has 1 heterocycles. The second-order valence-electron chi connectivity index (χ2n) is 8.51. The van der Waals surface area contributed by atoms with Gasteiger partial charge in [-0.05, 0) is 66.7 Å². The number of rotatable bonds is 2. The van der Waals surface area contributed by atoms with Crippen LogP contribution in [0.4, 0.5) is 23.7 Å². The number of carbonyl (C=O) groups excluding carboxylic acids is 1. The van der Waals surface area contributed by atoms with Crippen LogP contribution in [0.3, 0.4) is 0 Å². The van der Waals surface area contributed by atoms with Crippen LogP contribution >= 0.6 is 0 Å². The summed E-state index contributed by atoms with van der Waals surface area (Å²) in [5, 5.41) is 2.49. The molecular weight excluding hydrogens is 362 g/mol. The molecule has 1 aromatic rings. The van der Waals surface area contributed by atoms with Crippen LogP contribution in [0.2, 0.25) is 0 Å². The molecular formula is C18H25BF3NO4. The Bertz CT molecular complexity index is 710. The molecule has 1 amide bonds. The van der Waals surface area contributed by atoms with Gasteiger partial charge in [-0.25, -0.2) is 4.79 Å². The number of alkyl halides is 3. The monoisotopic (exact) mass is 387 g/mol. The number of hydrogen-bond acceptors (Lipinski definition) is 4. The van der Waals surface area contributed by atoms with Crippen molar-refractivity contribution in [2.75, 3.05) is 5.32 Å². The van der Waals surface area contributed by atoms with E-state index >= 15 is 0 Å². The average Bonchev–Trinajstić information content (AvgIpc) is 2.64. The van der Waals surface area contributed by atoms with Gasteiger partial charge in [-0.3, -0.25) is 5.32 Å². The van der Waals surface area contributed by atoms with E-state index in [0.29, 0.717) is 0 Å². The van der Waals surface area contributed by atoms with Crippen molar-refractivity contribution in [3.05, 3.63) is 23.8 Å². The molecule has 0 aliphatic carbocycles. The molecule has 1 N–H and O–H groups in total. The Hall–Kier alpha value is -1.74. The molecule has 0 aromatic heterocycles. The molecule has 27 heavy (non-hydrogen) atoms. The molecule has 0 spiro atoms. The zero-order chi connectivity index (χ0) is 20.8. The molecule has 150 valence electrons. The van der Waals surface area contributed by atoms with Crippen LogP contribution in [-0.4, -0.2) is 30.0 Å². The number of amides is 1. The molecule has 5 nitrogen and oxygen atoms in total. The summed E-state index contributed by atoms with van der Waals surface area (Å²) < 4.78 is 56.4. The minimum absolute atomic E-state index is 0.0781. The first-order valence-electron chi connectivity index (χ1n) is 8.59. The van der Waals surface area contributed by atoms with Crippen molar-refractivity contribution >= 4 is 24.4 Å².